The molecule has 1 saturated heterocycles. The van der Waals surface area contributed by atoms with Crippen molar-refractivity contribution in [1.82, 2.24) is 4.90 Å². The number of carbonyl (C=O) groups excluding carboxylic acids is 1. The third kappa shape index (κ3) is 4.72. The predicted molar refractivity (Wildman–Crippen MR) is 84.1 cm³/mol. The Bertz CT molecular complexity index is 541. The van der Waals surface area contributed by atoms with Crippen molar-refractivity contribution in [3.63, 3.8) is 0 Å². The normalized spacial score (nSPS) is 20.9. The molecule has 1 fully saturated rings. The molecule has 1 aromatic carbocycles. The van der Waals surface area contributed by atoms with Gasteiger partial charge in [-0.3, -0.25) is 4.79 Å². The third-order valence-electron chi connectivity index (χ3n) is 4.54. The van der Waals surface area contributed by atoms with Crippen LogP contribution in [-0.4, -0.2) is 23.9 Å². The lowest BCUT2D eigenvalue weighted by Gasteiger charge is -2.25. The fourth-order valence-corrected chi connectivity index (χ4v) is 3.27. The summed E-state index contributed by atoms with van der Waals surface area (Å²) in [5, 5.41) is 0. The molecule has 0 spiro atoms. The van der Waals surface area contributed by atoms with Gasteiger partial charge >= 0.3 is 6.18 Å². The van der Waals surface area contributed by atoms with E-state index in [1.54, 1.807) is 13.0 Å². The van der Waals surface area contributed by atoms with Crippen LogP contribution in [0.3, 0.4) is 0 Å². The summed E-state index contributed by atoms with van der Waals surface area (Å²) in [4.78, 5) is 14.3. The molecule has 5 heteroatoms. The van der Waals surface area contributed by atoms with Gasteiger partial charge < -0.3 is 4.90 Å². The molecular weight excluding hydrogens is 303 g/mol. The van der Waals surface area contributed by atoms with E-state index in [2.05, 4.69) is 6.92 Å². The van der Waals surface area contributed by atoms with E-state index < -0.39 is 17.7 Å². The molecule has 0 radical (unpaired) electrons. The number of hydrogen-bond acceptors (Lipinski definition) is 1. The maximum absolute atomic E-state index is 13.1. The Morgan fingerprint density at radius 1 is 1.30 bits per heavy atom. The van der Waals surface area contributed by atoms with Crippen LogP contribution in [0, 0.1) is 5.92 Å². The van der Waals surface area contributed by atoms with Gasteiger partial charge in [-0.25, -0.2) is 0 Å². The largest absolute Gasteiger partial charge is 0.416 e. The molecule has 0 aliphatic carbocycles. The van der Waals surface area contributed by atoms with Gasteiger partial charge in [-0.2, -0.15) is 13.2 Å². The highest BCUT2D eigenvalue weighted by molar-refractivity contribution is 5.77. The molecule has 1 aliphatic rings. The van der Waals surface area contributed by atoms with Crippen molar-refractivity contribution in [3.05, 3.63) is 35.4 Å². The van der Waals surface area contributed by atoms with Crippen molar-refractivity contribution in [2.45, 2.75) is 51.6 Å². The van der Waals surface area contributed by atoms with Gasteiger partial charge in [0.1, 0.15) is 0 Å². The van der Waals surface area contributed by atoms with Crippen LogP contribution in [0.2, 0.25) is 0 Å². The number of hydrogen-bond donors (Lipinski definition) is 0. The molecule has 0 N–H and O–H groups in total. The van der Waals surface area contributed by atoms with Crippen LogP contribution in [-0.2, 0) is 11.0 Å². The number of carbonyl (C=O) groups is 1. The standard InChI is InChI=1S/C18H24F3NO/c1-13-7-5-6-10-22(12-13)17(23)11-14(2)15-8-3-4-9-16(15)18(19,20)21/h3-4,8-9,13-14H,5-7,10-12H2,1-2H3/t13-,14+/m1/s1. The highest BCUT2D eigenvalue weighted by atomic mass is 19.4. The second-order valence-corrected chi connectivity index (χ2v) is 6.63. The first-order chi connectivity index (χ1) is 10.8. The minimum absolute atomic E-state index is 0.0387. The maximum atomic E-state index is 13.1. The smallest absolute Gasteiger partial charge is 0.342 e. The summed E-state index contributed by atoms with van der Waals surface area (Å²) >= 11 is 0. The molecule has 2 atom stereocenters. The number of alkyl halides is 3. The monoisotopic (exact) mass is 327 g/mol. The number of amides is 1. The van der Waals surface area contributed by atoms with Gasteiger partial charge in [0, 0.05) is 19.5 Å². The molecule has 0 bridgehead atoms. The summed E-state index contributed by atoms with van der Waals surface area (Å²) in [5.41, 5.74) is -0.430. The van der Waals surface area contributed by atoms with Gasteiger partial charge in [0.2, 0.25) is 5.91 Å². The summed E-state index contributed by atoms with van der Waals surface area (Å²) in [6.45, 7) is 5.25. The van der Waals surface area contributed by atoms with E-state index in [1.807, 2.05) is 4.90 Å². The first-order valence-electron chi connectivity index (χ1n) is 8.23. The minimum atomic E-state index is -4.38. The number of benzene rings is 1. The quantitative estimate of drug-likeness (QED) is 0.777. The van der Waals surface area contributed by atoms with E-state index >= 15 is 0 Å². The second-order valence-electron chi connectivity index (χ2n) is 6.63. The topological polar surface area (TPSA) is 20.3 Å². The molecule has 128 valence electrons. The van der Waals surface area contributed by atoms with Crippen molar-refractivity contribution in [3.8, 4) is 0 Å². The van der Waals surface area contributed by atoms with Crippen LogP contribution in [0.25, 0.3) is 0 Å². The van der Waals surface area contributed by atoms with Gasteiger partial charge in [0.05, 0.1) is 5.56 Å². The molecule has 0 saturated carbocycles. The number of likely N-dealkylation sites (tertiary alicyclic amines) is 1. The highest BCUT2D eigenvalue weighted by Crippen LogP contribution is 2.36. The van der Waals surface area contributed by atoms with Crippen LogP contribution in [0.15, 0.2) is 24.3 Å². The summed E-state index contributed by atoms with van der Waals surface area (Å²) < 4.78 is 39.3. The summed E-state index contributed by atoms with van der Waals surface area (Å²) in [6.07, 6.45) is -1.07. The molecular formula is C18H24F3NO. The minimum Gasteiger partial charge on any atom is -0.342 e. The highest BCUT2D eigenvalue weighted by Gasteiger charge is 2.34. The zero-order valence-corrected chi connectivity index (χ0v) is 13.7. The van der Waals surface area contributed by atoms with Crippen molar-refractivity contribution in [1.29, 1.82) is 0 Å². The van der Waals surface area contributed by atoms with Gasteiger partial charge in [0.25, 0.3) is 0 Å². The molecule has 2 nitrogen and oxygen atoms in total. The van der Waals surface area contributed by atoms with Gasteiger partial charge in [-0.15, -0.1) is 0 Å². The molecule has 1 amide bonds. The average molecular weight is 327 g/mol. The van der Waals surface area contributed by atoms with Gasteiger partial charge in [-0.05, 0) is 36.3 Å². The lowest BCUT2D eigenvalue weighted by molar-refractivity contribution is -0.139. The van der Waals surface area contributed by atoms with Gasteiger partial charge in [-0.1, -0.05) is 38.5 Å². The van der Waals surface area contributed by atoms with Crippen LogP contribution in [0.4, 0.5) is 13.2 Å². The zero-order valence-electron chi connectivity index (χ0n) is 13.7. The average Bonchev–Trinajstić information content (AvgIpc) is 2.71. The Balaban J connectivity index is 2.10. The Kier molecular flexibility index (Phi) is 5.71. The third-order valence-corrected chi connectivity index (χ3v) is 4.54. The predicted octanol–water partition coefficient (Wildman–Crippen LogP) is 4.85. The molecule has 23 heavy (non-hydrogen) atoms. The Hall–Kier alpha value is -1.52. The fraction of sp³-hybridized carbons (Fsp3) is 0.611. The second kappa shape index (κ2) is 7.37. The maximum Gasteiger partial charge on any atom is 0.416 e. The number of nitrogens with zero attached hydrogens (tertiary/aromatic N) is 1. The van der Waals surface area contributed by atoms with Crippen LogP contribution in [0.5, 0.6) is 0 Å². The summed E-state index contributed by atoms with van der Waals surface area (Å²) in [6, 6.07) is 5.55. The first-order valence-corrected chi connectivity index (χ1v) is 8.23. The number of halogens is 3. The Labute approximate surface area is 135 Å². The van der Waals surface area contributed by atoms with E-state index in [4.69, 9.17) is 0 Å². The molecule has 1 aromatic rings. The van der Waals surface area contributed by atoms with Crippen LogP contribution in [0.1, 0.15) is 56.6 Å². The molecule has 1 heterocycles. The summed E-state index contributed by atoms with van der Waals surface area (Å²) in [7, 11) is 0. The van der Waals surface area contributed by atoms with E-state index in [0.717, 1.165) is 31.9 Å². The summed E-state index contributed by atoms with van der Waals surface area (Å²) in [5.74, 6) is -0.0265. The molecule has 2 rings (SSSR count). The molecule has 0 aromatic heterocycles. The lowest BCUT2D eigenvalue weighted by atomic mass is 9.92. The van der Waals surface area contributed by atoms with Crippen LogP contribution >= 0.6 is 0 Å². The van der Waals surface area contributed by atoms with E-state index in [0.29, 0.717) is 12.5 Å². The molecule has 1 aliphatic heterocycles. The zero-order chi connectivity index (χ0) is 17.0. The van der Waals surface area contributed by atoms with E-state index in [1.165, 1.54) is 12.1 Å². The van der Waals surface area contributed by atoms with Crippen LogP contribution < -0.4 is 0 Å². The fourth-order valence-electron chi connectivity index (χ4n) is 3.27. The van der Waals surface area contributed by atoms with E-state index in [9.17, 15) is 18.0 Å². The van der Waals surface area contributed by atoms with Crippen molar-refractivity contribution in [2.75, 3.05) is 13.1 Å². The van der Waals surface area contributed by atoms with E-state index in [-0.39, 0.29) is 17.9 Å². The Morgan fingerprint density at radius 2 is 2.00 bits per heavy atom. The van der Waals surface area contributed by atoms with Crippen molar-refractivity contribution >= 4 is 5.91 Å². The van der Waals surface area contributed by atoms with Gasteiger partial charge in [0.15, 0.2) is 0 Å². The van der Waals surface area contributed by atoms with Crippen molar-refractivity contribution < 1.29 is 18.0 Å². The first kappa shape index (κ1) is 17.8. The number of rotatable bonds is 3. The lowest BCUT2D eigenvalue weighted by Crippen LogP contribution is -2.34. The SMILES string of the molecule is C[C@@H]1CCCCN(C(=O)C[C@H](C)c2ccccc2C(F)(F)F)C1. The Morgan fingerprint density at radius 3 is 2.70 bits per heavy atom. The van der Waals surface area contributed by atoms with Crippen molar-refractivity contribution in [2.24, 2.45) is 5.92 Å². The molecule has 0 unspecified atom stereocenters.